The predicted octanol–water partition coefficient (Wildman–Crippen LogP) is 3.59. The molecule has 25 heavy (non-hydrogen) atoms. The van der Waals surface area contributed by atoms with E-state index in [0.29, 0.717) is 45.0 Å². The van der Waals surface area contributed by atoms with Gasteiger partial charge in [-0.05, 0) is 24.6 Å². The number of halogens is 1. The molecule has 0 bridgehead atoms. The van der Waals surface area contributed by atoms with E-state index < -0.39 is 0 Å². The van der Waals surface area contributed by atoms with Crippen LogP contribution in [0.25, 0.3) is 0 Å². The van der Waals surface area contributed by atoms with Crippen LogP contribution in [0.2, 0.25) is 0 Å². The smallest absolute Gasteiger partial charge is 0.320 e. The van der Waals surface area contributed by atoms with Gasteiger partial charge in [0.25, 0.3) is 0 Å². The van der Waals surface area contributed by atoms with E-state index in [2.05, 4.69) is 0 Å². The van der Waals surface area contributed by atoms with Crippen molar-refractivity contribution in [1.82, 2.24) is 9.80 Å². The number of anilines is 1. The summed E-state index contributed by atoms with van der Waals surface area (Å²) < 4.78 is 13.9. The molecule has 2 amide bonds. The number of amides is 2. The highest BCUT2D eigenvalue weighted by Crippen LogP contribution is 2.20. The molecule has 0 atom stereocenters. The van der Waals surface area contributed by atoms with Gasteiger partial charge in [0.15, 0.2) is 0 Å². The van der Waals surface area contributed by atoms with Crippen molar-refractivity contribution in [3.63, 3.8) is 0 Å². The zero-order valence-electron chi connectivity index (χ0n) is 14.6. The number of carbonyl (C=O) groups excluding carboxylic acids is 1. The number of hydrogen-bond acceptors (Lipinski definition) is 2. The first-order valence-electron chi connectivity index (χ1n) is 8.76. The summed E-state index contributed by atoms with van der Waals surface area (Å²) in [4.78, 5) is 18.5. The van der Waals surface area contributed by atoms with Crippen molar-refractivity contribution in [1.29, 1.82) is 0 Å². The number of piperazine rings is 1. The van der Waals surface area contributed by atoms with Crippen LogP contribution in [0.4, 0.5) is 14.9 Å². The first kappa shape index (κ1) is 17.3. The average molecular weight is 341 g/mol. The summed E-state index contributed by atoms with van der Waals surface area (Å²) in [6.45, 7) is 5.80. The Bertz CT molecular complexity index is 699. The van der Waals surface area contributed by atoms with Crippen LogP contribution in [-0.4, -0.2) is 48.6 Å². The average Bonchev–Trinajstić information content (AvgIpc) is 2.67. The number of para-hydroxylation sites is 1. The van der Waals surface area contributed by atoms with E-state index in [0.717, 1.165) is 5.56 Å². The quantitative estimate of drug-likeness (QED) is 0.850. The first-order valence-corrected chi connectivity index (χ1v) is 8.76. The molecule has 1 fully saturated rings. The van der Waals surface area contributed by atoms with Gasteiger partial charge in [0.2, 0.25) is 0 Å². The fourth-order valence-corrected chi connectivity index (χ4v) is 3.17. The summed E-state index contributed by atoms with van der Waals surface area (Å²) >= 11 is 0. The second kappa shape index (κ2) is 8.01. The van der Waals surface area contributed by atoms with Crippen molar-refractivity contribution in [2.75, 3.05) is 37.6 Å². The van der Waals surface area contributed by atoms with Crippen molar-refractivity contribution in [2.24, 2.45) is 0 Å². The number of hydrogen-bond donors (Lipinski definition) is 0. The molecule has 1 saturated heterocycles. The van der Waals surface area contributed by atoms with E-state index >= 15 is 0 Å². The molecule has 0 unspecified atom stereocenters. The van der Waals surface area contributed by atoms with Crippen LogP contribution in [0.1, 0.15) is 12.5 Å². The Balaban J connectivity index is 1.59. The summed E-state index contributed by atoms with van der Waals surface area (Å²) in [6.07, 6.45) is 0. The Hall–Kier alpha value is -2.56. The van der Waals surface area contributed by atoms with E-state index in [4.69, 9.17) is 0 Å². The Morgan fingerprint density at radius 3 is 2.28 bits per heavy atom. The maximum Gasteiger partial charge on any atom is 0.320 e. The largest absolute Gasteiger partial charge is 0.366 e. The third-order valence-corrected chi connectivity index (χ3v) is 4.61. The van der Waals surface area contributed by atoms with Crippen LogP contribution >= 0.6 is 0 Å². The van der Waals surface area contributed by atoms with E-state index in [9.17, 15) is 9.18 Å². The molecule has 2 aromatic carbocycles. The van der Waals surface area contributed by atoms with Gasteiger partial charge in [-0.15, -0.1) is 0 Å². The first-order chi connectivity index (χ1) is 12.2. The molecule has 0 spiro atoms. The molecule has 132 valence electrons. The highest BCUT2D eigenvalue weighted by molar-refractivity contribution is 5.75. The molecule has 1 aliphatic heterocycles. The molecule has 1 heterocycles. The van der Waals surface area contributed by atoms with Gasteiger partial charge < -0.3 is 14.7 Å². The molecule has 0 saturated carbocycles. The van der Waals surface area contributed by atoms with Crippen LogP contribution in [0.15, 0.2) is 54.6 Å². The topological polar surface area (TPSA) is 26.8 Å². The zero-order chi connectivity index (χ0) is 17.6. The molecule has 0 aromatic heterocycles. The van der Waals surface area contributed by atoms with Crippen LogP contribution < -0.4 is 4.90 Å². The van der Waals surface area contributed by atoms with E-state index in [1.165, 1.54) is 6.07 Å². The lowest BCUT2D eigenvalue weighted by molar-refractivity contribution is 0.149. The standard InChI is InChI=1S/C20H24FN3O/c1-2-22(16-17-8-4-3-5-9-17)20(25)24-14-12-23(13-15-24)19-11-7-6-10-18(19)21/h3-11H,2,12-16H2,1H3. The lowest BCUT2D eigenvalue weighted by Gasteiger charge is -2.38. The lowest BCUT2D eigenvalue weighted by Crippen LogP contribution is -2.52. The summed E-state index contributed by atoms with van der Waals surface area (Å²) in [6, 6.07) is 16.9. The maximum atomic E-state index is 13.9. The number of nitrogens with zero attached hydrogens (tertiary/aromatic N) is 3. The monoisotopic (exact) mass is 341 g/mol. The van der Waals surface area contributed by atoms with Gasteiger partial charge in [0, 0.05) is 39.3 Å². The second-order valence-electron chi connectivity index (χ2n) is 6.21. The molecule has 0 aliphatic carbocycles. The molecule has 1 aliphatic rings. The highest BCUT2D eigenvalue weighted by atomic mass is 19.1. The zero-order valence-corrected chi connectivity index (χ0v) is 14.6. The van der Waals surface area contributed by atoms with Crippen molar-refractivity contribution < 1.29 is 9.18 Å². The van der Waals surface area contributed by atoms with Gasteiger partial charge >= 0.3 is 6.03 Å². The van der Waals surface area contributed by atoms with Gasteiger partial charge in [0.05, 0.1) is 5.69 Å². The van der Waals surface area contributed by atoms with E-state index in [-0.39, 0.29) is 11.8 Å². The minimum absolute atomic E-state index is 0.0551. The Labute approximate surface area is 148 Å². The molecule has 0 radical (unpaired) electrons. The SMILES string of the molecule is CCN(Cc1ccccc1)C(=O)N1CCN(c2ccccc2F)CC1. The number of urea groups is 1. The minimum atomic E-state index is -0.207. The highest BCUT2D eigenvalue weighted by Gasteiger charge is 2.25. The fourth-order valence-electron chi connectivity index (χ4n) is 3.17. The molecule has 4 nitrogen and oxygen atoms in total. The summed E-state index contributed by atoms with van der Waals surface area (Å²) in [7, 11) is 0. The van der Waals surface area contributed by atoms with Gasteiger partial charge in [-0.1, -0.05) is 42.5 Å². The normalized spacial score (nSPS) is 14.5. The Morgan fingerprint density at radius 2 is 1.64 bits per heavy atom. The number of rotatable bonds is 4. The lowest BCUT2D eigenvalue weighted by atomic mass is 10.2. The van der Waals surface area contributed by atoms with Gasteiger partial charge in [0.1, 0.15) is 5.82 Å². The maximum absolute atomic E-state index is 13.9. The summed E-state index contributed by atoms with van der Waals surface area (Å²) in [5, 5.41) is 0. The van der Waals surface area contributed by atoms with Gasteiger partial charge in [-0.25, -0.2) is 9.18 Å². The third-order valence-electron chi connectivity index (χ3n) is 4.61. The molecule has 5 heteroatoms. The minimum Gasteiger partial charge on any atom is -0.366 e. The van der Waals surface area contributed by atoms with Crippen LogP contribution in [-0.2, 0) is 6.54 Å². The summed E-state index contributed by atoms with van der Waals surface area (Å²) in [5.74, 6) is -0.207. The molecule has 2 aromatic rings. The Morgan fingerprint density at radius 1 is 1.00 bits per heavy atom. The van der Waals surface area contributed by atoms with Gasteiger partial charge in [-0.3, -0.25) is 0 Å². The van der Waals surface area contributed by atoms with Crippen LogP contribution in [0.3, 0.4) is 0 Å². The van der Waals surface area contributed by atoms with Crippen molar-refractivity contribution in [3.05, 3.63) is 66.0 Å². The van der Waals surface area contributed by atoms with Crippen molar-refractivity contribution in [3.8, 4) is 0 Å². The Kier molecular flexibility index (Phi) is 5.53. The molecular weight excluding hydrogens is 317 g/mol. The van der Waals surface area contributed by atoms with Crippen LogP contribution in [0, 0.1) is 5.82 Å². The van der Waals surface area contributed by atoms with Crippen LogP contribution in [0.5, 0.6) is 0 Å². The van der Waals surface area contributed by atoms with E-state index in [1.54, 1.807) is 12.1 Å². The molecule has 3 rings (SSSR count). The van der Waals surface area contributed by atoms with E-state index in [1.807, 2.05) is 58.0 Å². The number of benzene rings is 2. The van der Waals surface area contributed by atoms with Crippen molar-refractivity contribution in [2.45, 2.75) is 13.5 Å². The predicted molar refractivity (Wildman–Crippen MR) is 98.1 cm³/mol. The molecule has 0 N–H and O–H groups in total. The fraction of sp³-hybridized carbons (Fsp3) is 0.350. The molecular formula is C20H24FN3O. The third kappa shape index (κ3) is 4.10. The van der Waals surface area contributed by atoms with Crippen molar-refractivity contribution >= 4 is 11.7 Å². The number of carbonyl (C=O) groups is 1. The van der Waals surface area contributed by atoms with Gasteiger partial charge in [-0.2, -0.15) is 0 Å². The summed E-state index contributed by atoms with van der Waals surface area (Å²) in [5.41, 5.74) is 1.74. The second-order valence-corrected chi connectivity index (χ2v) is 6.21.